The number of ether oxygens (including phenoxy) is 2. The van der Waals surface area contributed by atoms with Crippen LogP contribution in [0.5, 0.6) is 5.75 Å². The summed E-state index contributed by atoms with van der Waals surface area (Å²) in [6, 6.07) is 16.0. The van der Waals surface area contributed by atoms with Crippen LogP contribution in [0, 0.1) is 0 Å². The van der Waals surface area contributed by atoms with Crippen LogP contribution in [0.2, 0.25) is 0 Å². The molecule has 1 N–H and O–H groups in total. The largest absolute Gasteiger partial charge is 0.486 e. The van der Waals surface area contributed by atoms with Gasteiger partial charge in [0.2, 0.25) is 0 Å². The van der Waals surface area contributed by atoms with Crippen LogP contribution in [-0.2, 0) is 20.9 Å². The Morgan fingerprint density at radius 1 is 1.14 bits per heavy atom. The smallest absolute Gasteiger partial charge is 0.267 e. The first-order chi connectivity index (χ1) is 17.1. The van der Waals surface area contributed by atoms with E-state index in [0.717, 1.165) is 57.3 Å². The number of amides is 1. The van der Waals surface area contributed by atoms with Gasteiger partial charge in [0.25, 0.3) is 5.91 Å². The third-order valence-electron chi connectivity index (χ3n) is 6.99. The van der Waals surface area contributed by atoms with Crippen molar-refractivity contribution in [3.63, 3.8) is 0 Å². The van der Waals surface area contributed by atoms with E-state index in [4.69, 9.17) is 14.3 Å². The number of hydrogen-bond donors (Lipinski definition) is 1. The first-order valence-electron chi connectivity index (χ1n) is 12.5. The minimum atomic E-state index is -0.424. The molecule has 0 bridgehead atoms. The number of piperidine rings is 1. The Balaban J connectivity index is 1.16. The molecule has 2 aromatic carbocycles. The van der Waals surface area contributed by atoms with E-state index in [-0.39, 0.29) is 11.7 Å². The third kappa shape index (κ3) is 5.99. The summed E-state index contributed by atoms with van der Waals surface area (Å²) in [4.78, 5) is 32.9. The number of carbonyl (C=O) groups is 2. The van der Waals surface area contributed by atoms with E-state index in [0.29, 0.717) is 24.3 Å². The lowest BCUT2D eigenvalue weighted by Gasteiger charge is -2.44. The van der Waals surface area contributed by atoms with Crippen LogP contribution in [0.15, 0.2) is 54.6 Å². The summed E-state index contributed by atoms with van der Waals surface area (Å²) in [7, 11) is 0. The van der Waals surface area contributed by atoms with Crippen LogP contribution >= 0.6 is 0 Å². The third-order valence-corrected chi connectivity index (χ3v) is 6.99. The topological polar surface area (TPSA) is 77.1 Å². The number of rotatable bonds is 6. The summed E-state index contributed by atoms with van der Waals surface area (Å²) in [5.74, 6) is 0.359. The van der Waals surface area contributed by atoms with E-state index in [1.54, 1.807) is 12.1 Å². The molecule has 35 heavy (non-hydrogen) atoms. The number of fused-ring (bicyclic) bond motifs is 1. The van der Waals surface area contributed by atoms with E-state index in [9.17, 15) is 9.59 Å². The summed E-state index contributed by atoms with van der Waals surface area (Å²) >= 11 is 0. The zero-order valence-corrected chi connectivity index (χ0v) is 19.9. The van der Waals surface area contributed by atoms with Crippen molar-refractivity contribution in [3.05, 3.63) is 71.3 Å². The minimum Gasteiger partial charge on any atom is -0.486 e. The molecule has 1 atom stereocenters. The summed E-state index contributed by atoms with van der Waals surface area (Å²) in [5, 5.41) is 0. The first kappa shape index (κ1) is 23.7. The highest BCUT2D eigenvalue weighted by molar-refractivity contribution is 6.01. The summed E-state index contributed by atoms with van der Waals surface area (Å²) < 4.78 is 11.9. The second-order valence-corrected chi connectivity index (χ2v) is 9.62. The fourth-order valence-corrected chi connectivity index (χ4v) is 4.99. The maximum absolute atomic E-state index is 13.1. The molecule has 0 radical (unpaired) electrons. The minimum absolute atomic E-state index is 0.0974. The standard InChI is InChI=1S/C28H32N2O5/c31-24-19-28(13-15-30(16-14-28)20-22-6-2-1-3-7-22)34-25-11-9-21(18-23(24)25)10-12-26(32)29-35-27-8-4-5-17-33-27/h1-3,6-7,9-12,18,27H,4-5,8,13-17,19-20H2,(H,29,32). The van der Waals surface area contributed by atoms with Crippen molar-refractivity contribution in [1.82, 2.24) is 10.4 Å². The molecule has 5 rings (SSSR count). The summed E-state index contributed by atoms with van der Waals surface area (Å²) in [5.41, 5.74) is 4.63. The zero-order valence-electron chi connectivity index (χ0n) is 19.9. The van der Waals surface area contributed by atoms with Crippen molar-refractivity contribution >= 4 is 17.8 Å². The average molecular weight is 477 g/mol. The van der Waals surface area contributed by atoms with Crippen LogP contribution in [0.1, 0.15) is 60.0 Å². The van der Waals surface area contributed by atoms with Crippen LogP contribution in [0.4, 0.5) is 0 Å². The number of nitrogens with zero attached hydrogens (tertiary/aromatic N) is 1. The van der Waals surface area contributed by atoms with E-state index in [1.165, 1.54) is 11.6 Å². The van der Waals surface area contributed by atoms with Gasteiger partial charge in [0.15, 0.2) is 12.1 Å². The van der Waals surface area contributed by atoms with Gasteiger partial charge in [-0.1, -0.05) is 36.4 Å². The molecule has 7 nitrogen and oxygen atoms in total. The molecule has 2 saturated heterocycles. The molecule has 7 heteroatoms. The maximum atomic E-state index is 13.1. The number of hydroxylamine groups is 1. The molecular formula is C28H32N2O5. The van der Waals surface area contributed by atoms with Gasteiger partial charge in [-0.05, 0) is 42.2 Å². The molecule has 3 heterocycles. The van der Waals surface area contributed by atoms with Crippen molar-refractivity contribution < 1.29 is 23.9 Å². The quantitative estimate of drug-likeness (QED) is 0.496. The van der Waals surface area contributed by atoms with Crippen molar-refractivity contribution in [1.29, 1.82) is 0 Å². The second kappa shape index (κ2) is 10.7. The Morgan fingerprint density at radius 3 is 2.74 bits per heavy atom. The monoisotopic (exact) mass is 476 g/mol. The highest BCUT2D eigenvalue weighted by Crippen LogP contribution is 2.40. The Labute approximate surface area is 206 Å². The molecule has 2 fully saturated rings. The SMILES string of the molecule is O=C(C=Cc1ccc2c(c1)C(=O)CC1(CCN(Cc3ccccc3)CC1)O2)NOC1CCCCO1. The number of likely N-dealkylation sites (tertiary alicyclic amines) is 1. The lowest BCUT2D eigenvalue weighted by atomic mass is 9.82. The Bertz CT molecular complexity index is 1070. The molecule has 1 unspecified atom stereocenters. The first-order valence-corrected chi connectivity index (χ1v) is 12.5. The predicted molar refractivity (Wildman–Crippen MR) is 132 cm³/mol. The van der Waals surface area contributed by atoms with Gasteiger partial charge >= 0.3 is 0 Å². The highest BCUT2D eigenvalue weighted by atomic mass is 16.8. The van der Waals surface area contributed by atoms with Gasteiger partial charge in [0.1, 0.15) is 11.4 Å². The number of hydrogen-bond acceptors (Lipinski definition) is 6. The van der Waals surface area contributed by atoms with Gasteiger partial charge in [-0.2, -0.15) is 0 Å². The molecule has 0 aliphatic carbocycles. The number of nitrogens with one attached hydrogen (secondary N) is 1. The van der Waals surface area contributed by atoms with E-state index < -0.39 is 11.9 Å². The highest BCUT2D eigenvalue weighted by Gasteiger charge is 2.42. The van der Waals surface area contributed by atoms with Crippen molar-refractivity contribution in [2.24, 2.45) is 0 Å². The average Bonchev–Trinajstić information content (AvgIpc) is 2.89. The van der Waals surface area contributed by atoms with Gasteiger partial charge in [0, 0.05) is 51.6 Å². The Morgan fingerprint density at radius 2 is 1.97 bits per heavy atom. The molecule has 2 aromatic rings. The molecule has 3 aliphatic rings. The fourth-order valence-electron chi connectivity index (χ4n) is 4.99. The number of Topliss-reactive ketones (excluding diaryl/α,β-unsaturated/α-hetero) is 1. The fraction of sp³-hybridized carbons (Fsp3) is 0.429. The van der Waals surface area contributed by atoms with E-state index in [2.05, 4.69) is 34.6 Å². The zero-order chi connectivity index (χ0) is 24.1. The van der Waals surface area contributed by atoms with Crippen molar-refractivity contribution in [3.8, 4) is 5.75 Å². The van der Waals surface area contributed by atoms with Crippen molar-refractivity contribution in [2.75, 3.05) is 19.7 Å². The Hall–Kier alpha value is -3.00. The second-order valence-electron chi connectivity index (χ2n) is 9.62. The molecular weight excluding hydrogens is 444 g/mol. The van der Waals surface area contributed by atoms with E-state index in [1.807, 2.05) is 18.2 Å². The molecule has 3 aliphatic heterocycles. The Kier molecular flexibility index (Phi) is 7.27. The maximum Gasteiger partial charge on any atom is 0.267 e. The molecule has 1 spiro atoms. The number of ketones is 1. The molecule has 0 aromatic heterocycles. The van der Waals surface area contributed by atoms with Gasteiger partial charge < -0.3 is 9.47 Å². The number of benzene rings is 2. The normalized spacial score (nSPS) is 22.1. The van der Waals surface area contributed by atoms with Gasteiger partial charge in [0.05, 0.1) is 12.0 Å². The van der Waals surface area contributed by atoms with E-state index >= 15 is 0 Å². The van der Waals surface area contributed by atoms with Crippen LogP contribution < -0.4 is 10.2 Å². The van der Waals surface area contributed by atoms with Crippen LogP contribution in [0.25, 0.3) is 6.08 Å². The predicted octanol–water partition coefficient (Wildman–Crippen LogP) is 4.27. The van der Waals surface area contributed by atoms with Gasteiger partial charge in [-0.15, -0.1) is 0 Å². The van der Waals surface area contributed by atoms with Crippen LogP contribution in [0.3, 0.4) is 0 Å². The van der Waals surface area contributed by atoms with Crippen LogP contribution in [-0.4, -0.2) is 48.2 Å². The lowest BCUT2D eigenvalue weighted by Crippen LogP contribution is -2.50. The molecule has 184 valence electrons. The summed E-state index contributed by atoms with van der Waals surface area (Å²) in [6.45, 7) is 3.38. The van der Waals surface area contributed by atoms with Gasteiger partial charge in [-0.25, -0.2) is 10.3 Å². The molecule has 0 saturated carbocycles. The number of carbonyl (C=O) groups excluding carboxylic acids is 2. The summed E-state index contributed by atoms with van der Waals surface area (Å²) in [6.07, 6.45) is 7.53. The van der Waals surface area contributed by atoms with Gasteiger partial charge in [-0.3, -0.25) is 14.5 Å². The lowest BCUT2D eigenvalue weighted by molar-refractivity contribution is -0.198. The molecule has 1 amide bonds. The van der Waals surface area contributed by atoms with Crippen molar-refractivity contribution in [2.45, 2.75) is 57.0 Å².